The van der Waals surface area contributed by atoms with Crippen LogP contribution < -0.4 is 10.2 Å². The summed E-state index contributed by atoms with van der Waals surface area (Å²) in [6.07, 6.45) is 3.58. The number of hydrogen-bond acceptors (Lipinski definition) is 5. The van der Waals surface area contributed by atoms with Crippen LogP contribution in [0.25, 0.3) is 5.69 Å². The molecule has 0 radical (unpaired) electrons. The van der Waals surface area contributed by atoms with Crippen molar-refractivity contribution >= 4 is 29.3 Å². The van der Waals surface area contributed by atoms with Gasteiger partial charge in [0.2, 0.25) is 5.91 Å². The minimum atomic E-state index is -0.598. The second kappa shape index (κ2) is 8.90. The van der Waals surface area contributed by atoms with Crippen LogP contribution in [-0.2, 0) is 14.3 Å². The van der Waals surface area contributed by atoms with Gasteiger partial charge in [0.15, 0.2) is 6.61 Å². The Hall–Kier alpha value is -3.94. The molecule has 1 N–H and O–H groups in total. The van der Waals surface area contributed by atoms with Crippen molar-refractivity contribution < 1.29 is 19.1 Å². The summed E-state index contributed by atoms with van der Waals surface area (Å²) in [5.74, 6) is 0.0226. The number of carbonyl (C=O) groups excluding carboxylic acids is 3. The van der Waals surface area contributed by atoms with E-state index in [1.165, 1.54) is 0 Å². The zero-order valence-electron chi connectivity index (χ0n) is 18.1. The fourth-order valence-electron chi connectivity index (χ4n) is 3.93. The van der Waals surface area contributed by atoms with Crippen LogP contribution >= 0.6 is 0 Å². The molecule has 0 unspecified atom stereocenters. The van der Waals surface area contributed by atoms with Crippen LogP contribution in [0.2, 0.25) is 0 Å². The van der Waals surface area contributed by atoms with Crippen LogP contribution in [0.15, 0.2) is 60.7 Å². The quantitative estimate of drug-likeness (QED) is 0.561. The molecule has 1 aliphatic heterocycles. The van der Waals surface area contributed by atoms with Crippen molar-refractivity contribution in [2.75, 3.05) is 23.4 Å². The number of benzene rings is 2. The molecule has 168 valence electrons. The summed E-state index contributed by atoms with van der Waals surface area (Å²) in [4.78, 5) is 38.5. The lowest BCUT2D eigenvalue weighted by atomic mass is 10.2. The third-order valence-electron chi connectivity index (χ3n) is 5.81. The van der Waals surface area contributed by atoms with Gasteiger partial charge in [-0.05, 0) is 55.7 Å². The van der Waals surface area contributed by atoms with Crippen LogP contribution in [0.1, 0.15) is 47.7 Å². The number of para-hydroxylation sites is 1. The van der Waals surface area contributed by atoms with Gasteiger partial charge in [-0.3, -0.25) is 9.59 Å². The first-order valence-electron chi connectivity index (χ1n) is 11.1. The first-order valence-corrected chi connectivity index (χ1v) is 11.1. The fraction of sp³-hybridized carbons (Fsp3) is 0.280. The maximum atomic E-state index is 12.5. The van der Waals surface area contributed by atoms with Crippen LogP contribution in [0.3, 0.4) is 0 Å². The molecule has 3 aromatic rings. The summed E-state index contributed by atoms with van der Waals surface area (Å²) >= 11 is 0. The normalized spacial score (nSPS) is 15.5. The highest BCUT2D eigenvalue weighted by Gasteiger charge is 2.28. The van der Waals surface area contributed by atoms with E-state index in [0.29, 0.717) is 30.3 Å². The third-order valence-corrected chi connectivity index (χ3v) is 5.81. The van der Waals surface area contributed by atoms with Gasteiger partial charge in [0.05, 0.1) is 16.9 Å². The number of amides is 2. The van der Waals surface area contributed by atoms with Crippen molar-refractivity contribution in [3.63, 3.8) is 0 Å². The summed E-state index contributed by atoms with van der Waals surface area (Å²) in [6, 6.07) is 18.1. The fourth-order valence-corrected chi connectivity index (χ4v) is 3.93. The van der Waals surface area contributed by atoms with E-state index < -0.39 is 18.5 Å². The predicted molar refractivity (Wildman–Crippen MR) is 122 cm³/mol. The van der Waals surface area contributed by atoms with Gasteiger partial charge in [-0.1, -0.05) is 18.2 Å². The van der Waals surface area contributed by atoms with E-state index in [1.807, 2.05) is 36.4 Å². The molecule has 2 fully saturated rings. The topological polar surface area (TPSA) is 93.5 Å². The van der Waals surface area contributed by atoms with Crippen LogP contribution in [0, 0.1) is 0 Å². The lowest BCUT2D eigenvalue weighted by molar-refractivity contribution is -0.119. The van der Waals surface area contributed by atoms with Gasteiger partial charge in [0.1, 0.15) is 5.82 Å². The number of rotatable bonds is 7. The molecule has 1 aliphatic carbocycles. The van der Waals surface area contributed by atoms with Crippen molar-refractivity contribution in [2.45, 2.75) is 31.6 Å². The van der Waals surface area contributed by atoms with Crippen LogP contribution in [0.5, 0.6) is 0 Å². The predicted octanol–water partition coefficient (Wildman–Crippen LogP) is 3.67. The number of carbonyl (C=O) groups is 3. The van der Waals surface area contributed by atoms with E-state index in [4.69, 9.17) is 4.74 Å². The zero-order chi connectivity index (χ0) is 22.8. The number of anilines is 2. The number of esters is 1. The maximum absolute atomic E-state index is 12.5. The van der Waals surface area contributed by atoms with Crippen molar-refractivity contribution in [3.05, 3.63) is 71.9 Å². The summed E-state index contributed by atoms with van der Waals surface area (Å²) < 4.78 is 6.90. The highest BCUT2D eigenvalue weighted by Crippen LogP contribution is 2.40. The average Bonchev–Trinajstić information content (AvgIpc) is 3.47. The smallest absolute Gasteiger partial charge is 0.338 e. The summed E-state index contributed by atoms with van der Waals surface area (Å²) in [5.41, 5.74) is 2.87. The van der Waals surface area contributed by atoms with Gasteiger partial charge < -0.3 is 15.0 Å². The van der Waals surface area contributed by atoms with Crippen molar-refractivity contribution in [3.8, 4) is 5.69 Å². The standard InChI is InChI=1S/C25H24N4O4/c30-23(16-33-25(32)18-10-12-19(13-11-18)28-14-4-7-24(28)31)26-22-15-21(17-8-9-17)27-29(22)20-5-2-1-3-6-20/h1-3,5-6,10-13,15,17H,4,7-9,14,16H2,(H,26,30). The van der Waals surface area contributed by atoms with Crippen LogP contribution in [-0.4, -0.2) is 40.7 Å². The molecule has 1 saturated carbocycles. The molecule has 0 spiro atoms. The molecular formula is C25H24N4O4. The minimum absolute atomic E-state index is 0.0848. The van der Waals surface area contributed by atoms with Crippen molar-refractivity contribution in [2.24, 2.45) is 0 Å². The van der Waals surface area contributed by atoms with Crippen molar-refractivity contribution in [1.82, 2.24) is 9.78 Å². The Morgan fingerprint density at radius 1 is 1.03 bits per heavy atom. The third kappa shape index (κ3) is 4.64. The first-order chi connectivity index (χ1) is 16.1. The van der Waals surface area contributed by atoms with Gasteiger partial charge in [-0.15, -0.1) is 0 Å². The second-order valence-electron chi connectivity index (χ2n) is 8.30. The zero-order valence-corrected chi connectivity index (χ0v) is 18.1. The Labute approximate surface area is 191 Å². The number of aromatic nitrogens is 2. The monoisotopic (exact) mass is 444 g/mol. The molecule has 2 aromatic carbocycles. The molecule has 0 atom stereocenters. The number of nitrogens with one attached hydrogen (secondary N) is 1. The van der Waals surface area contributed by atoms with Gasteiger partial charge >= 0.3 is 5.97 Å². The number of hydrogen-bond donors (Lipinski definition) is 1. The lowest BCUT2D eigenvalue weighted by Crippen LogP contribution is -2.24. The Morgan fingerprint density at radius 2 is 1.79 bits per heavy atom. The van der Waals surface area contributed by atoms with E-state index in [-0.39, 0.29) is 5.91 Å². The molecule has 2 amide bonds. The van der Waals surface area contributed by atoms with Crippen LogP contribution in [0.4, 0.5) is 11.5 Å². The highest BCUT2D eigenvalue weighted by molar-refractivity contribution is 5.97. The SMILES string of the molecule is O=C(COC(=O)c1ccc(N2CCCC2=O)cc1)Nc1cc(C2CC2)nn1-c1ccccc1. The average molecular weight is 444 g/mol. The molecule has 0 bridgehead atoms. The van der Waals surface area contributed by atoms with E-state index >= 15 is 0 Å². The Kier molecular flexibility index (Phi) is 5.64. The van der Waals surface area contributed by atoms with E-state index in [9.17, 15) is 14.4 Å². The Bertz CT molecular complexity index is 1180. The molecule has 5 rings (SSSR count). The minimum Gasteiger partial charge on any atom is -0.452 e. The van der Waals surface area contributed by atoms with E-state index in [2.05, 4.69) is 10.4 Å². The lowest BCUT2D eigenvalue weighted by Gasteiger charge is -2.15. The second-order valence-corrected chi connectivity index (χ2v) is 8.30. The molecule has 1 saturated heterocycles. The van der Waals surface area contributed by atoms with Crippen molar-refractivity contribution in [1.29, 1.82) is 0 Å². The molecule has 33 heavy (non-hydrogen) atoms. The highest BCUT2D eigenvalue weighted by atomic mass is 16.5. The maximum Gasteiger partial charge on any atom is 0.338 e. The molecule has 1 aromatic heterocycles. The summed E-state index contributed by atoms with van der Waals surface area (Å²) in [5, 5.41) is 7.46. The van der Waals surface area contributed by atoms with Gasteiger partial charge in [-0.25, -0.2) is 9.48 Å². The Morgan fingerprint density at radius 3 is 2.45 bits per heavy atom. The molecule has 8 heteroatoms. The summed E-state index contributed by atoms with van der Waals surface area (Å²) in [6.45, 7) is 0.273. The van der Waals surface area contributed by atoms with E-state index in [1.54, 1.807) is 33.8 Å². The number of ether oxygens (including phenoxy) is 1. The Balaban J connectivity index is 1.21. The number of nitrogens with zero attached hydrogens (tertiary/aromatic N) is 3. The molecule has 2 aliphatic rings. The largest absolute Gasteiger partial charge is 0.452 e. The summed E-state index contributed by atoms with van der Waals surface area (Å²) in [7, 11) is 0. The molecule has 8 nitrogen and oxygen atoms in total. The van der Waals surface area contributed by atoms with Gasteiger partial charge in [0, 0.05) is 30.6 Å². The van der Waals surface area contributed by atoms with Gasteiger partial charge in [-0.2, -0.15) is 5.10 Å². The van der Waals surface area contributed by atoms with E-state index in [0.717, 1.165) is 36.3 Å². The first kappa shape index (κ1) is 20.9. The molecule has 2 heterocycles. The van der Waals surface area contributed by atoms with Gasteiger partial charge in [0.25, 0.3) is 5.91 Å². The molecular weight excluding hydrogens is 420 g/mol.